The van der Waals surface area contributed by atoms with E-state index >= 15 is 0 Å². The van der Waals surface area contributed by atoms with Gasteiger partial charge in [-0.1, -0.05) is 26.3 Å². The molecule has 0 radical (unpaired) electrons. The van der Waals surface area contributed by atoms with E-state index in [1.165, 1.54) is 23.2 Å². The number of aromatic hydroxyl groups is 1. The predicted octanol–water partition coefficient (Wildman–Crippen LogP) is 5.31. The molecule has 0 fully saturated rings. The highest BCUT2D eigenvalue weighted by atomic mass is 32.1. The number of hydrogen-bond donors (Lipinski definition) is 3. The number of ketones is 1. The molecule has 0 aliphatic heterocycles. The minimum absolute atomic E-state index is 0.208. The van der Waals surface area contributed by atoms with E-state index in [4.69, 9.17) is 9.52 Å². The van der Waals surface area contributed by atoms with Gasteiger partial charge in [0.05, 0.1) is 0 Å². The number of carbonyl (C=O) groups excluding carboxylic acids is 1. The molecule has 1 unspecified atom stereocenters. The maximum atomic E-state index is 12.5. The van der Waals surface area contributed by atoms with Crippen LogP contribution in [0.15, 0.2) is 45.8 Å². The summed E-state index contributed by atoms with van der Waals surface area (Å²) in [5.41, 5.74) is -1.27. The van der Waals surface area contributed by atoms with Crippen molar-refractivity contribution in [3.8, 4) is 5.75 Å². The maximum absolute atomic E-state index is 12.5. The average molecular weight is 446 g/mol. The van der Waals surface area contributed by atoms with Crippen LogP contribution < -0.4 is 10.9 Å². The number of carbonyl (C=O) groups is 2. The Morgan fingerprint density at radius 1 is 1.32 bits per heavy atom. The van der Waals surface area contributed by atoms with Crippen molar-refractivity contribution in [1.82, 2.24) is 5.32 Å². The Kier molecular flexibility index (Phi) is 9.27. The SMILES string of the molecule is CCCCc1ccc(/C=C/C(=O)c2c(O)cc(C(C)CC/C=C/NC(=O)O)oc2=O)s1. The first-order valence-corrected chi connectivity index (χ1v) is 11.0. The molecule has 7 nitrogen and oxygen atoms in total. The summed E-state index contributed by atoms with van der Waals surface area (Å²) >= 11 is 1.59. The third-order valence-corrected chi connectivity index (χ3v) is 5.74. The van der Waals surface area contributed by atoms with E-state index in [0.29, 0.717) is 12.8 Å². The van der Waals surface area contributed by atoms with Crippen molar-refractivity contribution in [2.24, 2.45) is 0 Å². The Hall–Kier alpha value is -3.13. The molecule has 0 aliphatic rings. The van der Waals surface area contributed by atoms with E-state index in [2.05, 4.69) is 12.2 Å². The first-order chi connectivity index (χ1) is 14.8. The summed E-state index contributed by atoms with van der Waals surface area (Å²) in [5.74, 6) is -0.968. The number of carboxylic acid groups (broad SMARTS) is 1. The molecule has 0 spiro atoms. The lowest BCUT2D eigenvalue weighted by Gasteiger charge is -2.10. The fourth-order valence-corrected chi connectivity index (χ4v) is 3.84. The molecule has 31 heavy (non-hydrogen) atoms. The third-order valence-electron chi connectivity index (χ3n) is 4.63. The van der Waals surface area contributed by atoms with Crippen molar-refractivity contribution < 1.29 is 24.2 Å². The number of nitrogens with one attached hydrogen (secondary N) is 1. The quantitative estimate of drug-likeness (QED) is 0.319. The molecular formula is C23H27NO6S. The van der Waals surface area contributed by atoms with E-state index in [0.717, 1.165) is 24.1 Å². The third kappa shape index (κ3) is 7.57. The normalized spacial score (nSPS) is 12.5. The number of hydrogen-bond acceptors (Lipinski definition) is 6. The van der Waals surface area contributed by atoms with Crippen LogP contribution in [-0.4, -0.2) is 22.1 Å². The zero-order valence-corrected chi connectivity index (χ0v) is 18.4. The number of aryl methyl sites for hydroxylation is 1. The lowest BCUT2D eigenvalue weighted by atomic mass is 10.0. The fraction of sp³-hybridized carbons (Fsp3) is 0.348. The number of allylic oxidation sites excluding steroid dienone is 2. The zero-order valence-electron chi connectivity index (χ0n) is 17.6. The van der Waals surface area contributed by atoms with Crippen LogP contribution in [0, 0.1) is 0 Å². The summed E-state index contributed by atoms with van der Waals surface area (Å²) in [6, 6.07) is 5.24. The summed E-state index contributed by atoms with van der Waals surface area (Å²) in [4.78, 5) is 37.3. The van der Waals surface area contributed by atoms with E-state index in [1.807, 2.05) is 19.1 Å². The molecule has 8 heteroatoms. The number of thiophene rings is 1. The standard InChI is InChI=1S/C23H27NO6S/c1-3-4-8-16-9-10-17(31-16)11-12-18(25)21-19(26)14-20(30-22(21)27)15(2)7-5-6-13-24-23(28)29/h6,9-15,24,26H,3-5,7-8H2,1-2H3,(H,28,29)/b12-11+,13-6+. The van der Waals surface area contributed by atoms with Crippen molar-refractivity contribution in [2.45, 2.75) is 51.9 Å². The first-order valence-electron chi connectivity index (χ1n) is 10.1. The highest BCUT2D eigenvalue weighted by Crippen LogP contribution is 2.25. The molecule has 0 aromatic carbocycles. The lowest BCUT2D eigenvalue weighted by molar-refractivity contribution is 0.104. The lowest BCUT2D eigenvalue weighted by Crippen LogP contribution is -2.14. The van der Waals surface area contributed by atoms with Gasteiger partial charge in [0.25, 0.3) is 0 Å². The second-order valence-electron chi connectivity index (χ2n) is 7.13. The van der Waals surface area contributed by atoms with Gasteiger partial charge in [-0.3, -0.25) is 10.1 Å². The molecule has 0 saturated carbocycles. The highest BCUT2D eigenvalue weighted by molar-refractivity contribution is 7.12. The Balaban J connectivity index is 2.04. The van der Waals surface area contributed by atoms with Gasteiger partial charge in [0.15, 0.2) is 5.78 Å². The molecule has 1 atom stereocenters. The van der Waals surface area contributed by atoms with Crippen LogP contribution in [0.25, 0.3) is 6.08 Å². The molecule has 0 aliphatic carbocycles. The first kappa shape index (κ1) is 24.1. The van der Waals surface area contributed by atoms with Gasteiger partial charge in [-0.15, -0.1) is 11.3 Å². The number of unbranched alkanes of at least 4 members (excludes halogenated alkanes) is 1. The number of rotatable bonds is 11. The Bertz CT molecular complexity index is 1020. The Morgan fingerprint density at radius 3 is 2.77 bits per heavy atom. The van der Waals surface area contributed by atoms with E-state index in [9.17, 15) is 19.5 Å². The molecular weight excluding hydrogens is 418 g/mol. The van der Waals surface area contributed by atoms with Gasteiger partial charge >= 0.3 is 11.7 Å². The maximum Gasteiger partial charge on any atom is 0.408 e. The fourth-order valence-electron chi connectivity index (χ4n) is 2.88. The molecule has 2 aromatic heterocycles. The van der Waals surface area contributed by atoms with E-state index < -0.39 is 23.3 Å². The summed E-state index contributed by atoms with van der Waals surface area (Å²) < 4.78 is 5.27. The van der Waals surface area contributed by atoms with E-state index in [-0.39, 0.29) is 17.2 Å². The zero-order chi connectivity index (χ0) is 22.8. The minimum Gasteiger partial charge on any atom is -0.507 e. The van der Waals surface area contributed by atoms with Crippen molar-refractivity contribution >= 4 is 29.3 Å². The molecule has 1 amide bonds. The van der Waals surface area contributed by atoms with Gasteiger partial charge in [0.1, 0.15) is 17.1 Å². The summed E-state index contributed by atoms with van der Waals surface area (Å²) in [5, 5.41) is 20.9. The molecule has 3 N–H and O–H groups in total. The van der Waals surface area contributed by atoms with Gasteiger partial charge in [-0.05, 0) is 50.0 Å². The molecule has 2 rings (SSSR count). The van der Waals surface area contributed by atoms with Crippen LogP contribution >= 0.6 is 11.3 Å². The minimum atomic E-state index is -1.15. The monoisotopic (exact) mass is 445 g/mol. The van der Waals surface area contributed by atoms with Gasteiger partial charge < -0.3 is 14.6 Å². The van der Waals surface area contributed by atoms with Gasteiger partial charge in [0, 0.05) is 27.9 Å². The van der Waals surface area contributed by atoms with Crippen LogP contribution in [-0.2, 0) is 6.42 Å². The molecule has 2 heterocycles. The molecule has 0 saturated heterocycles. The van der Waals surface area contributed by atoms with Crippen LogP contribution in [0.1, 0.15) is 71.3 Å². The van der Waals surface area contributed by atoms with Crippen LogP contribution in [0.4, 0.5) is 4.79 Å². The van der Waals surface area contributed by atoms with Crippen LogP contribution in [0.2, 0.25) is 0 Å². The van der Waals surface area contributed by atoms with Crippen molar-refractivity contribution in [3.63, 3.8) is 0 Å². The van der Waals surface area contributed by atoms with Gasteiger partial charge in [-0.2, -0.15) is 0 Å². The average Bonchev–Trinajstić information content (AvgIpc) is 3.17. The van der Waals surface area contributed by atoms with Crippen LogP contribution in [0.5, 0.6) is 5.75 Å². The molecule has 166 valence electrons. The van der Waals surface area contributed by atoms with Crippen LogP contribution in [0.3, 0.4) is 0 Å². The Labute approximate surface area is 184 Å². The largest absolute Gasteiger partial charge is 0.507 e. The van der Waals surface area contributed by atoms with Crippen molar-refractivity contribution in [1.29, 1.82) is 0 Å². The smallest absolute Gasteiger partial charge is 0.408 e. The highest BCUT2D eigenvalue weighted by Gasteiger charge is 2.19. The number of amides is 1. The van der Waals surface area contributed by atoms with Crippen molar-refractivity contribution in [3.05, 3.63) is 68.0 Å². The summed E-state index contributed by atoms with van der Waals surface area (Å²) in [6.07, 6.45) is 9.04. The van der Waals surface area contributed by atoms with E-state index in [1.54, 1.807) is 23.5 Å². The molecule has 0 bridgehead atoms. The second kappa shape index (κ2) is 11.9. The summed E-state index contributed by atoms with van der Waals surface area (Å²) in [6.45, 7) is 3.94. The topological polar surface area (TPSA) is 117 Å². The Morgan fingerprint density at radius 2 is 2.10 bits per heavy atom. The molecule has 2 aromatic rings. The van der Waals surface area contributed by atoms with Crippen molar-refractivity contribution in [2.75, 3.05) is 0 Å². The predicted molar refractivity (Wildman–Crippen MR) is 121 cm³/mol. The summed E-state index contributed by atoms with van der Waals surface area (Å²) in [7, 11) is 0. The second-order valence-corrected chi connectivity index (χ2v) is 8.33. The van der Waals surface area contributed by atoms with Gasteiger partial charge in [-0.25, -0.2) is 9.59 Å². The van der Waals surface area contributed by atoms with Gasteiger partial charge in [0.2, 0.25) is 0 Å².